The van der Waals surface area contributed by atoms with Crippen LogP contribution in [0.4, 0.5) is 11.4 Å². The predicted octanol–water partition coefficient (Wildman–Crippen LogP) is 1.90. The van der Waals surface area contributed by atoms with Crippen LogP contribution in [0.1, 0.15) is 19.8 Å². The quantitative estimate of drug-likeness (QED) is 0.748. The van der Waals surface area contributed by atoms with Crippen molar-refractivity contribution in [1.29, 1.82) is 0 Å². The van der Waals surface area contributed by atoms with E-state index in [2.05, 4.69) is 12.2 Å². The summed E-state index contributed by atoms with van der Waals surface area (Å²) in [5, 5.41) is 3.28. The molecule has 6 heteroatoms. The Balaban J connectivity index is 2.90. The van der Waals surface area contributed by atoms with Gasteiger partial charge in [0.05, 0.1) is 22.9 Å². The number of nitrogens with two attached hydrogens (primary N) is 1. The second-order valence-electron chi connectivity index (χ2n) is 4.61. The summed E-state index contributed by atoms with van der Waals surface area (Å²) < 4.78 is 28.0. The van der Waals surface area contributed by atoms with Crippen molar-refractivity contribution in [2.75, 3.05) is 31.0 Å². The monoisotopic (exact) mass is 286 g/mol. The number of benzene rings is 1. The lowest BCUT2D eigenvalue weighted by Crippen LogP contribution is -2.25. The fourth-order valence-electron chi connectivity index (χ4n) is 1.87. The first kappa shape index (κ1) is 15.8. The molecule has 0 radical (unpaired) electrons. The maximum absolute atomic E-state index is 11.4. The maximum Gasteiger partial charge on any atom is 0.175 e. The zero-order valence-corrected chi connectivity index (χ0v) is 12.5. The SMILES string of the molecule is CCCC(COC)Nc1ccc(S(C)(=O)=O)cc1N. The van der Waals surface area contributed by atoms with Crippen LogP contribution >= 0.6 is 0 Å². The van der Waals surface area contributed by atoms with Crippen LogP contribution in [0, 0.1) is 0 Å². The molecule has 0 saturated heterocycles. The fourth-order valence-corrected chi connectivity index (χ4v) is 2.53. The van der Waals surface area contributed by atoms with Crippen molar-refractivity contribution in [3.8, 4) is 0 Å². The number of rotatable bonds is 7. The molecule has 0 heterocycles. The van der Waals surface area contributed by atoms with Gasteiger partial charge in [-0.2, -0.15) is 0 Å². The Kier molecular flexibility index (Phi) is 5.62. The highest BCUT2D eigenvalue weighted by atomic mass is 32.2. The third-order valence-electron chi connectivity index (χ3n) is 2.82. The van der Waals surface area contributed by atoms with Crippen LogP contribution in [0.25, 0.3) is 0 Å². The van der Waals surface area contributed by atoms with Crippen LogP contribution in [-0.2, 0) is 14.6 Å². The van der Waals surface area contributed by atoms with Gasteiger partial charge in [0.25, 0.3) is 0 Å². The molecule has 1 unspecified atom stereocenters. The van der Waals surface area contributed by atoms with E-state index in [0.717, 1.165) is 18.5 Å². The van der Waals surface area contributed by atoms with Crippen LogP contribution < -0.4 is 11.1 Å². The Morgan fingerprint density at radius 2 is 2.11 bits per heavy atom. The first-order valence-corrected chi connectivity index (χ1v) is 8.12. The summed E-state index contributed by atoms with van der Waals surface area (Å²) in [4.78, 5) is 0.231. The molecule has 0 spiro atoms. The largest absolute Gasteiger partial charge is 0.397 e. The Bertz CT molecular complexity index is 509. The molecule has 0 aliphatic carbocycles. The van der Waals surface area contributed by atoms with Gasteiger partial charge in [0.15, 0.2) is 9.84 Å². The summed E-state index contributed by atoms with van der Waals surface area (Å²) in [6.07, 6.45) is 3.16. The molecule has 0 fully saturated rings. The highest BCUT2D eigenvalue weighted by Gasteiger charge is 2.12. The van der Waals surface area contributed by atoms with Crippen molar-refractivity contribution in [1.82, 2.24) is 0 Å². The Hall–Kier alpha value is -1.27. The molecule has 19 heavy (non-hydrogen) atoms. The molecule has 0 amide bonds. The van der Waals surface area contributed by atoms with Crippen LogP contribution in [0.2, 0.25) is 0 Å². The second-order valence-corrected chi connectivity index (χ2v) is 6.62. The van der Waals surface area contributed by atoms with Gasteiger partial charge in [-0.05, 0) is 24.6 Å². The van der Waals surface area contributed by atoms with E-state index < -0.39 is 9.84 Å². The highest BCUT2D eigenvalue weighted by Crippen LogP contribution is 2.23. The first-order valence-electron chi connectivity index (χ1n) is 6.23. The summed E-state index contributed by atoms with van der Waals surface area (Å²) >= 11 is 0. The standard InChI is InChI=1S/C13H22N2O3S/c1-4-5-10(9-18-2)15-13-7-6-11(8-12(13)14)19(3,16)17/h6-8,10,15H,4-5,9,14H2,1-3H3. The Morgan fingerprint density at radius 3 is 2.58 bits per heavy atom. The number of ether oxygens (including phenoxy) is 1. The summed E-state index contributed by atoms with van der Waals surface area (Å²) in [5.41, 5.74) is 7.06. The van der Waals surface area contributed by atoms with E-state index in [1.54, 1.807) is 19.2 Å². The molecule has 108 valence electrons. The van der Waals surface area contributed by atoms with Gasteiger partial charge < -0.3 is 15.8 Å². The molecule has 1 aromatic rings. The molecule has 0 bridgehead atoms. The van der Waals surface area contributed by atoms with E-state index >= 15 is 0 Å². The van der Waals surface area contributed by atoms with E-state index in [4.69, 9.17) is 10.5 Å². The number of nitrogens with one attached hydrogen (secondary N) is 1. The fraction of sp³-hybridized carbons (Fsp3) is 0.538. The van der Waals surface area contributed by atoms with Gasteiger partial charge in [-0.15, -0.1) is 0 Å². The van der Waals surface area contributed by atoms with Crippen LogP contribution in [0.3, 0.4) is 0 Å². The molecule has 5 nitrogen and oxygen atoms in total. The van der Waals surface area contributed by atoms with E-state index in [-0.39, 0.29) is 10.9 Å². The minimum atomic E-state index is -3.22. The number of hydrogen-bond acceptors (Lipinski definition) is 5. The smallest absolute Gasteiger partial charge is 0.175 e. The van der Waals surface area contributed by atoms with Gasteiger partial charge in [-0.1, -0.05) is 13.3 Å². The normalized spacial score (nSPS) is 13.2. The summed E-state index contributed by atoms with van der Waals surface area (Å²) in [6.45, 7) is 2.68. The number of nitrogen functional groups attached to an aromatic ring is 1. The lowest BCUT2D eigenvalue weighted by molar-refractivity contribution is 0.182. The number of methoxy groups -OCH3 is 1. The summed E-state index contributed by atoms with van der Waals surface area (Å²) in [5.74, 6) is 0. The van der Waals surface area contributed by atoms with E-state index in [9.17, 15) is 8.42 Å². The van der Waals surface area contributed by atoms with Gasteiger partial charge in [0, 0.05) is 19.4 Å². The molecular weight excluding hydrogens is 264 g/mol. The average Bonchev–Trinajstić information content (AvgIpc) is 2.31. The summed E-state index contributed by atoms with van der Waals surface area (Å²) in [6, 6.07) is 4.91. The number of hydrogen-bond donors (Lipinski definition) is 2. The Labute approximate surface area is 115 Å². The lowest BCUT2D eigenvalue weighted by atomic mass is 10.1. The van der Waals surface area contributed by atoms with Crippen LogP contribution in [0.5, 0.6) is 0 Å². The van der Waals surface area contributed by atoms with Gasteiger partial charge in [-0.25, -0.2) is 8.42 Å². The zero-order valence-electron chi connectivity index (χ0n) is 11.6. The minimum absolute atomic E-state index is 0.168. The first-order chi connectivity index (χ1) is 8.88. The third kappa shape index (κ3) is 4.72. The van der Waals surface area contributed by atoms with E-state index in [1.807, 2.05) is 0 Å². The van der Waals surface area contributed by atoms with Crippen molar-refractivity contribution in [2.45, 2.75) is 30.7 Å². The maximum atomic E-state index is 11.4. The third-order valence-corrected chi connectivity index (χ3v) is 3.93. The molecule has 0 saturated carbocycles. The van der Waals surface area contributed by atoms with Crippen LogP contribution in [-0.4, -0.2) is 34.4 Å². The number of anilines is 2. The van der Waals surface area contributed by atoms with Crippen molar-refractivity contribution in [2.24, 2.45) is 0 Å². The van der Waals surface area contributed by atoms with Gasteiger partial charge in [-0.3, -0.25) is 0 Å². The molecule has 1 rings (SSSR count). The van der Waals surface area contributed by atoms with Crippen molar-refractivity contribution in [3.63, 3.8) is 0 Å². The average molecular weight is 286 g/mol. The second kappa shape index (κ2) is 6.77. The van der Waals surface area contributed by atoms with Crippen LogP contribution in [0.15, 0.2) is 23.1 Å². The topological polar surface area (TPSA) is 81.4 Å². The molecule has 0 aliphatic rings. The summed E-state index contributed by atoms with van der Waals surface area (Å²) in [7, 11) is -1.57. The van der Waals surface area contributed by atoms with Gasteiger partial charge in [0.2, 0.25) is 0 Å². The minimum Gasteiger partial charge on any atom is -0.397 e. The molecule has 0 aromatic heterocycles. The van der Waals surface area contributed by atoms with Crippen molar-refractivity contribution in [3.05, 3.63) is 18.2 Å². The molecule has 1 atom stereocenters. The lowest BCUT2D eigenvalue weighted by Gasteiger charge is -2.20. The molecular formula is C13H22N2O3S. The van der Waals surface area contributed by atoms with Crippen molar-refractivity contribution < 1.29 is 13.2 Å². The Morgan fingerprint density at radius 1 is 1.42 bits per heavy atom. The van der Waals surface area contributed by atoms with Gasteiger partial charge >= 0.3 is 0 Å². The molecule has 0 aliphatic heterocycles. The number of sulfone groups is 1. The highest BCUT2D eigenvalue weighted by molar-refractivity contribution is 7.90. The predicted molar refractivity (Wildman–Crippen MR) is 78.2 cm³/mol. The van der Waals surface area contributed by atoms with E-state index in [0.29, 0.717) is 12.3 Å². The zero-order chi connectivity index (χ0) is 14.5. The molecule has 3 N–H and O–H groups in total. The van der Waals surface area contributed by atoms with Gasteiger partial charge in [0.1, 0.15) is 0 Å². The molecule has 1 aromatic carbocycles. The van der Waals surface area contributed by atoms with E-state index in [1.165, 1.54) is 12.3 Å². The van der Waals surface area contributed by atoms with Crippen molar-refractivity contribution >= 4 is 21.2 Å².